The monoisotopic (exact) mass is 1370 g/mol. The molecule has 0 aromatic rings. The molecule has 0 fully saturated rings. The van der Waals surface area contributed by atoms with Crippen LogP contribution in [0.2, 0.25) is 0 Å². The third-order valence-electron chi connectivity index (χ3n) is 17.9. The molecule has 19 heteroatoms. The maximum atomic E-state index is 13.1. The predicted octanol–water partition coefficient (Wildman–Crippen LogP) is 21.4. The summed E-state index contributed by atoms with van der Waals surface area (Å²) in [5, 5.41) is 10.6. The fourth-order valence-corrected chi connectivity index (χ4v) is 12.8. The molecule has 0 saturated carbocycles. The molecule has 0 aliphatic carbocycles. The van der Waals surface area contributed by atoms with Crippen molar-refractivity contribution in [3.8, 4) is 0 Å². The number of unbranched alkanes of at least 4 members (excludes halogenated alkanes) is 38. The number of phosphoric acid groups is 2. The van der Waals surface area contributed by atoms with Gasteiger partial charge in [-0.05, 0) is 43.4 Å². The molecular formula is C74H144O17P2. The number of ether oxygens (including phenoxy) is 4. The van der Waals surface area contributed by atoms with E-state index in [0.29, 0.717) is 25.7 Å². The molecule has 0 bridgehead atoms. The molecule has 4 unspecified atom stereocenters. The first-order valence-corrected chi connectivity index (χ1v) is 41.4. The molecule has 0 radical (unpaired) electrons. The Morgan fingerprint density at radius 3 is 0.817 bits per heavy atom. The van der Waals surface area contributed by atoms with Crippen LogP contribution in [0.1, 0.15) is 376 Å². The van der Waals surface area contributed by atoms with Gasteiger partial charge in [-0.1, -0.05) is 325 Å². The first kappa shape index (κ1) is 91.1. The molecule has 17 nitrogen and oxygen atoms in total. The van der Waals surface area contributed by atoms with E-state index in [1.807, 2.05) is 0 Å². The third-order valence-corrected chi connectivity index (χ3v) is 19.8. The fourth-order valence-electron chi connectivity index (χ4n) is 11.2. The van der Waals surface area contributed by atoms with Crippen LogP contribution in [0.5, 0.6) is 0 Å². The van der Waals surface area contributed by atoms with E-state index in [-0.39, 0.29) is 25.7 Å². The Bertz CT molecular complexity index is 1820. The lowest BCUT2D eigenvalue weighted by molar-refractivity contribution is -0.161. The van der Waals surface area contributed by atoms with E-state index in [1.54, 1.807) is 0 Å². The van der Waals surface area contributed by atoms with Gasteiger partial charge in [0.2, 0.25) is 0 Å². The van der Waals surface area contributed by atoms with Crippen molar-refractivity contribution < 1.29 is 80.2 Å². The molecule has 7 atom stereocenters. The van der Waals surface area contributed by atoms with Crippen LogP contribution in [0.4, 0.5) is 0 Å². The molecule has 0 saturated heterocycles. The van der Waals surface area contributed by atoms with Crippen LogP contribution >= 0.6 is 15.6 Å². The Kier molecular flexibility index (Phi) is 63.4. The Morgan fingerprint density at radius 2 is 0.548 bits per heavy atom. The van der Waals surface area contributed by atoms with Gasteiger partial charge in [-0.25, -0.2) is 9.13 Å². The smallest absolute Gasteiger partial charge is 0.462 e. The Hall–Kier alpha value is -1.94. The van der Waals surface area contributed by atoms with Crippen LogP contribution in [0.25, 0.3) is 0 Å². The highest BCUT2D eigenvalue weighted by atomic mass is 31.2. The van der Waals surface area contributed by atoms with Crippen molar-refractivity contribution in [1.29, 1.82) is 0 Å². The molecule has 0 aromatic heterocycles. The van der Waals surface area contributed by atoms with Crippen molar-refractivity contribution in [3.05, 3.63) is 0 Å². The number of hydrogen-bond donors (Lipinski definition) is 3. The number of aliphatic hydroxyl groups is 1. The Balaban J connectivity index is 5.25. The van der Waals surface area contributed by atoms with Gasteiger partial charge < -0.3 is 33.8 Å². The van der Waals surface area contributed by atoms with E-state index in [4.69, 9.17) is 37.0 Å². The predicted molar refractivity (Wildman–Crippen MR) is 377 cm³/mol. The van der Waals surface area contributed by atoms with E-state index in [2.05, 4.69) is 48.5 Å². The third kappa shape index (κ3) is 65.8. The highest BCUT2D eigenvalue weighted by Gasteiger charge is 2.30. The standard InChI is InChI=1S/C74H144O17P2/c1-8-11-12-13-14-15-16-17-18-19-20-21-22-23-24-36-43-50-57-73(78)90-69(61-85-72(77)56-49-42-35-29-26-32-39-46-53-66(6)9-2)63-88-92(80,81)86-59-68(75)60-87-93(82,83)89-64-70(62-84-71(76)55-48-41-34-28-25-31-38-45-52-65(4)5)91-74(79)58-51-44-37-30-27-33-40-47-54-67(7)10-3/h65-70,75H,8-64H2,1-7H3,(H,80,81)(H,82,83)/t66?,67?,68-,69-,70-/m1/s1. The molecule has 0 aromatic carbocycles. The van der Waals surface area contributed by atoms with Gasteiger partial charge >= 0.3 is 39.5 Å². The molecule has 3 N–H and O–H groups in total. The summed E-state index contributed by atoms with van der Waals surface area (Å²) in [6.45, 7) is 11.8. The number of phosphoric ester groups is 2. The normalized spacial score (nSPS) is 14.7. The first-order valence-electron chi connectivity index (χ1n) is 38.4. The fraction of sp³-hybridized carbons (Fsp3) is 0.946. The number of rotatable bonds is 72. The van der Waals surface area contributed by atoms with Gasteiger partial charge in [-0.2, -0.15) is 0 Å². The molecule has 0 amide bonds. The van der Waals surface area contributed by atoms with Crippen LogP contribution < -0.4 is 0 Å². The number of esters is 4. The summed E-state index contributed by atoms with van der Waals surface area (Å²) in [5.74, 6) is 0.150. The zero-order valence-corrected chi connectivity index (χ0v) is 62.5. The maximum Gasteiger partial charge on any atom is 0.472 e. The van der Waals surface area contributed by atoms with E-state index in [0.717, 1.165) is 108 Å². The van der Waals surface area contributed by atoms with Crippen molar-refractivity contribution in [3.63, 3.8) is 0 Å². The van der Waals surface area contributed by atoms with Crippen molar-refractivity contribution >= 4 is 39.5 Å². The summed E-state index contributed by atoms with van der Waals surface area (Å²) in [6, 6.07) is 0. The number of hydrogen-bond acceptors (Lipinski definition) is 15. The maximum absolute atomic E-state index is 13.1. The van der Waals surface area contributed by atoms with Gasteiger partial charge in [-0.3, -0.25) is 37.3 Å². The topological polar surface area (TPSA) is 237 Å². The lowest BCUT2D eigenvalue weighted by atomic mass is 9.99. The van der Waals surface area contributed by atoms with Crippen LogP contribution in [0.3, 0.4) is 0 Å². The second-order valence-electron chi connectivity index (χ2n) is 27.6. The second kappa shape index (κ2) is 64.7. The van der Waals surface area contributed by atoms with Crippen molar-refractivity contribution in [1.82, 2.24) is 0 Å². The van der Waals surface area contributed by atoms with Gasteiger partial charge in [-0.15, -0.1) is 0 Å². The minimum Gasteiger partial charge on any atom is -0.462 e. The molecule has 552 valence electrons. The molecule has 93 heavy (non-hydrogen) atoms. The van der Waals surface area contributed by atoms with Gasteiger partial charge in [0.25, 0.3) is 0 Å². The number of aliphatic hydroxyl groups excluding tert-OH is 1. The van der Waals surface area contributed by atoms with Gasteiger partial charge in [0.05, 0.1) is 26.4 Å². The zero-order valence-electron chi connectivity index (χ0n) is 60.7. The van der Waals surface area contributed by atoms with Gasteiger partial charge in [0.1, 0.15) is 19.3 Å². The zero-order chi connectivity index (χ0) is 68.7. The average Bonchev–Trinajstić information content (AvgIpc) is 1.92. The summed E-state index contributed by atoms with van der Waals surface area (Å²) in [5.41, 5.74) is 0. The highest BCUT2D eigenvalue weighted by Crippen LogP contribution is 2.45. The summed E-state index contributed by atoms with van der Waals surface area (Å²) >= 11 is 0. The molecule has 0 aliphatic heterocycles. The number of carbonyl (C=O) groups excluding carboxylic acids is 4. The minimum absolute atomic E-state index is 0.104. The first-order chi connectivity index (χ1) is 44.8. The van der Waals surface area contributed by atoms with E-state index in [9.17, 15) is 43.2 Å². The van der Waals surface area contributed by atoms with Crippen molar-refractivity contribution in [2.24, 2.45) is 17.8 Å². The van der Waals surface area contributed by atoms with Crippen molar-refractivity contribution in [2.45, 2.75) is 394 Å². The van der Waals surface area contributed by atoms with Crippen LogP contribution in [-0.2, 0) is 65.4 Å². The van der Waals surface area contributed by atoms with Crippen LogP contribution in [0.15, 0.2) is 0 Å². The Morgan fingerprint density at radius 1 is 0.312 bits per heavy atom. The molecule has 0 spiro atoms. The van der Waals surface area contributed by atoms with Crippen LogP contribution in [-0.4, -0.2) is 96.7 Å². The lowest BCUT2D eigenvalue weighted by Gasteiger charge is -2.21. The summed E-state index contributed by atoms with van der Waals surface area (Å²) in [7, 11) is -9.91. The SMILES string of the molecule is CCCCCCCCCCCCCCCCCCCCC(=O)O[C@H](COC(=O)CCCCCCCCCCC(C)CC)COP(=O)(O)OC[C@@H](O)COP(=O)(O)OC[C@@H](COC(=O)CCCCCCCCCCC(C)C)OC(=O)CCCCCCCCCCC(C)CC. The molecule has 0 rings (SSSR count). The van der Waals surface area contributed by atoms with E-state index >= 15 is 0 Å². The van der Waals surface area contributed by atoms with Gasteiger partial charge in [0, 0.05) is 25.7 Å². The average molecular weight is 1370 g/mol. The Labute approximate surface area is 568 Å². The lowest BCUT2D eigenvalue weighted by Crippen LogP contribution is -2.30. The summed E-state index contributed by atoms with van der Waals surface area (Å²) < 4.78 is 68.4. The van der Waals surface area contributed by atoms with E-state index < -0.39 is 97.5 Å². The quantitative estimate of drug-likeness (QED) is 0.0222. The molecular weight excluding hydrogens is 1220 g/mol. The van der Waals surface area contributed by atoms with Crippen LogP contribution in [0, 0.1) is 17.8 Å². The largest absolute Gasteiger partial charge is 0.472 e. The molecule has 0 heterocycles. The number of carbonyl (C=O) groups is 4. The van der Waals surface area contributed by atoms with Crippen molar-refractivity contribution in [2.75, 3.05) is 39.6 Å². The summed E-state index contributed by atoms with van der Waals surface area (Å²) in [6.07, 6.45) is 49.9. The van der Waals surface area contributed by atoms with Gasteiger partial charge in [0.15, 0.2) is 12.2 Å². The second-order valence-corrected chi connectivity index (χ2v) is 30.6. The van der Waals surface area contributed by atoms with E-state index in [1.165, 1.54) is 186 Å². The minimum atomic E-state index is -4.96. The highest BCUT2D eigenvalue weighted by molar-refractivity contribution is 7.47. The summed E-state index contributed by atoms with van der Waals surface area (Å²) in [4.78, 5) is 72.7. The molecule has 0 aliphatic rings.